The van der Waals surface area contributed by atoms with Crippen molar-refractivity contribution in [2.24, 2.45) is 0 Å². The number of rotatable bonds is 1. The molecule has 0 aromatic carbocycles. The van der Waals surface area contributed by atoms with Crippen molar-refractivity contribution in [3.63, 3.8) is 0 Å². The lowest BCUT2D eigenvalue weighted by Crippen LogP contribution is -2.13. The number of carboxylic acid groups (broad SMARTS) is 1. The highest BCUT2D eigenvalue weighted by Gasteiger charge is 2.22. The Morgan fingerprint density at radius 3 is 3.26 bits per heavy atom. The number of nitrogens with zero attached hydrogens (tertiary/aromatic N) is 3. The maximum atomic E-state index is 10.7. The van der Waals surface area contributed by atoms with Gasteiger partial charge in [0.15, 0.2) is 0 Å². The van der Waals surface area contributed by atoms with Gasteiger partial charge in [0.25, 0.3) is 0 Å². The van der Waals surface area contributed by atoms with Gasteiger partial charge in [0.2, 0.25) is 5.88 Å². The molecule has 0 saturated heterocycles. The molecule has 2 aromatic heterocycles. The van der Waals surface area contributed by atoms with Crippen molar-refractivity contribution in [3.8, 4) is 17.1 Å². The fourth-order valence-electron chi connectivity index (χ4n) is 2.09. The Labute approximate surface area is 108 Å². The molecular formula is C12H12N4O3. The van der Waals surface area contributed by atoms with Gasteiger partial charge in [-0.1, -0.05) is 0 Å². The molecule has 1 aliphatic rings. The van der Waals surface area contributed by atoms with E-state index in [-0.39, 0.29) is 6.04 Å². The molecule has 1 aliphatic heterocycles. The Kier molecular flexibility index (Phi) is 2.59. The smallest absolute Gasteiger partial charge is 0.409 e. The third kappa shape index (κ3) is 1.99. The Balaban J connectivity index is 2.11. The topological polar surface area (TPSA) is 89.3 Å². The maximum Gasteiger partial charge on any atom is 0.409 e. The third-order valence-electron chi connectivity index (χ3n) is 2.93. The van der Waals surface area contributed by atoms with Crippen molar-refractivity contribution in [1.82, 2.24) is 14.8 Å². The molecule has 2 N–H and O–H groups in total. The average Bonchev–Trinajstić information content (AvgIpc) is 2.80. The summed E-state index contributed by atoms with van der Waals surface area (Å²) < 4.78 is 7.46. The standard InChI is InChI=1S/C12H12N4O3/c1-7-6-19-11-9(10-2-3-14-16(7)10)4-8(5-13-11)15-12(17)18/h2-5,7,15H,6H2,1H3,(H,17,18)/t7-/m1/s1. The van der Waals surface area contributed by atoms with Gasteiger partial charge in [-0.05, 0) is 19.1 Å². The molecule has 1 atom stereocenters. The van der Waals surface area contributed by atoms with Crippen LogP contribution in [0, 0.1) is 0 Å². The van der Waals surface area contributed by atoms with Gasteiger partial charge in [0.05, 0.1) is 29.2 Å². The second-order valence-corrected chi connectivity index (χ2v) is 4.33. The first-order valence-electron chi connectivity index (χ1n) is 5.82. The van der Waals surface area contributed by atoms with Crippen molar-refractivity contribution < 1.29 is 14.6 Å². The highest BCUT2D eigenvalue weighted by molar-refractivity contribution is 5.84. The summed E-state index contributed by atoms with van der Waals surface area (Å²) in [5, 5.41) is 15.3. The SMILES string of the molecule is C[C@@H]1COc2ncc(NC(=O)O)cc2-c2ccnn21. The quantitative estimate of drug-likeness (QED) is 0.818. The highest BCUT2D eigenvalue weighted by atomic mass is 16.5. The minimum absolute atomic E-state index is 0.0927. The zero-order chi connectivity index (χ0) is 13.4. The molecule has 2 aromatic rings. The number of hydrogen-bond donors (Lipinski definition) is 2. The Morgan fingerprint density at radius 2 is 2.47 bits per heavy atom. The van der Waals surface area contributed by atoms with E-state index in [4.69, 9.17) is 9.84 Å². The van der Waals surface area contributed by atoms with Crippen molar-refractivity contribution in [1.29, 1.82) is 0 Å². The van der Waals surface area contributed by atoms with E-state index in [0.29, 0.717) is 18.2 Å². The molecular weight excluding hydrogens is 248 g/mol. The molecule has 0 radical (unpaired) electrons. The summed E-state index contributed by atoms with van der Waals surface area (Å²) in [6, 6.07) is 3.65. The number of ether oxygens (including phenoxy) is 1. The van der Waals surface area contributed by atoms with E-state index in [9.17, 15) is 4.79 Å². The summed E-state index contributed by atoms with van der Waals surface area (Å²) in [7, 11) is 0. The number of hydrogen-bond acceptors (Lipinski definition) is 4. The first kappa shape index (κ1) is 11.5. The van der Waals surface area contributed by atoms with Crippen LogP contribution in [0.15, 0.2) is 24.5 Å². The fraction of sp³-hybridized carbons (Fsp3) is 0.250. The van der Waals surface area contributed by atoms with Gasteiger partial charge in [0.1, 0.15) is 6.61 Å². The zero-order valence-corrected chi connectivity index (χ0v) is 10.2. The Hall–Kier alpha value is -2.57. The predicted octanol–water partition coefficient (Wildman–Crippen LogP) is 1.99. The van der Waals surface area contributed by atoms with Gasteiger partial charge in [-0.25, -0.2) is 9.78 Å². The van der Waals surface area contributed by atoms with Crippen LogP contribution in [-0.4, -0.2) is 32.6 Å². The normalized spacial score (nSPS) is 16.8. The van der Waals surface area contributed by atoms with Crippen molar-refractivity contribution in [2.75, 3.05) is 11.9 Å². The summed E-state index contributed by atoms with van der Waals surface area (Å²) in [6.07, 6.45) is 2.01. The van der Waals surface area contributed by atoms with Crippen molar-refractivity contribution in [2.45, 2.75) is 13.0 Å². The first-order chi connectivity index (χ1) is 9.15. The van der Waals surface area contributed by atoms with E-state index < -0.39 is 6.09 Å². The van der Waals surface area contributed by atoms with Crippen LogP contribution < -0.4 is 10.1 Å². The second kappa shape index (κ2) is 4.27. The van der Waals surface area contributed by atoms with Gasteiger partial charge < -0.3 is 9.84 Å². The summed E-state index contributed by atoms with van der Waals surface area (Å²) in [6.45, 7) is 2.47. The minimum Gasteiger partial charge on any atom is -0.475 e. The van der Waals surface area contributed by atoms with E-state index >= 15 is 0 Å². The molecule has 1 amide bonds. The summed E-state index contributed by atoms with van der Waals surface area (Å²) >= 11 is 0. The van der Waals surface area contributed by atoms with Crippen LogP contribution in [0.25, 0.3) is 11.3 Å². The number of amides is 1. The van der Waals surface area contributed by atoms with E-state index in [0.717, 1.165) is 11.3 Å². The highest BCUT2D eigenvalue weighted by Crippen LogP contribution is 2.34. The Bertz CT molecular complexity index is 638. The van der Waals surface area contributed by atoms with Crippen molar-refractivity contribution in [3.05, 3.63) is 24.5 Å². The third-order valence-corrected chi connectivity index (χ3v) is 2.93. The number of pyridine rings is 1. The fourth-order valence-corrected chi connectivity index (χ4v) is 2.09. The Morgan fingerprint density at radius 1 is 1.63 bits per heavy atom. The summed E-state index contributed by atoms with van der Waals surface area (Å²) in [5.41, 5.74) is 1.99. The number of nitrogens with one attached hydrogen (secondary N) is 1. The van der Waals surface area contributed by atoms with Crippen LogP contribution in [0.4, 0.5) is 10.5 Å². The molecule has 0 fully saturated rings. The van der Waals surface area contributed by atoms with E-state index in [1.54, 1.807) is 12.3 Å². The van der Waals surface area contributed by atoms with Gasteiger partial charge >= 0.3 is 6.09 Å². The molecule has 7 nitrogen and oxygen atoms in total. The number of fused-ring (bicyclic) bond motifs is 3. The lowest BCUT2D eigenvalue weighted by molar-refractivity contribution is 0.209. The molecule has 0 aliphatic carbocycles. The van der Waals surface area contributed by atoms with Gasteiger partial charge in [-0.15, -0.1) is 0 Å². The van der Waals surface area contributed by atoms with Crippen LogP contribution in [0.2, 0.25) is 0 Å². The summed E-state index contributed by atoms with van der Waals surface area (Å²) in [4.78, 5) is 14.8. The number of anilines is 1. The monoisotopic (exact) mass is 260 g/mol. The molecule has 0 saturated carbocycles. The van der Waals surface area contributed by atoms with Crippen molar-refractivity contribution >= 4 is 11.8 Å². The zero-order valence-electron chi connectivity index (χ0n) is 10.2. The maximum absolute atomic E-state index is 10.7. The van der Waals surface area contributed by atoms with Gasteiger partial charge in [-0.3, -0.25) is 10.00 Å². The number of carbonyl (C=O) groups is 1. The molecule has 19 heavy (non-hydrogen) atoms. The second-order valence-electron chi connectivity index (χ2n) is 4.33. The van der Waals surface area contributed by atoms with E-state index in [2.05, 4.69) is 15.4 Å². The first-order valence-corrected chi connectivity index (χ1v) is 5.82. The van der Waals surface area contributed by atoms with Crippen LogP contribution in [0.3, 0.4) is 0 Å². The predicted molar refractivity (Wildman–Crippen MR) is 67.3 cm³/mol. The van der Waals surface area contributed by atoms with E-state index in [1.807, 2.05) is 17.7 Å². The van der Waals surface area contributed by atoms with Crippen LogP contribution in [0.1, 0.15) is 13.0 Å². The molecule has 0 bridgehead atoms. The lowest BCUT2D eigenvalue weighted by atomic mass is 10.2. The molecule has 0 spiro atoms. The minimum atomic E-state index is -1.13. The lowest BCUT2D eigenvalue weighted by Gasteiger charge is -2.10. The molecule has 98 valence electrons. The van der Waals surface area contributed by atoms with Gasteiger partial charge in [0, 0.05) is 6.20 Å². The van der Waals surface area contributed by atoms with Gasteiger partial charge in [-0.2, -0.15) is 5.10 Å². The summed E-state index contributed by atoms with van der Waals surface area (Å²) in [5.74, 6) is 0.488. The van der Waals surface area contributed by atoms with E-state index in [1.165, 1.54) is 6.20 Å². The van der Waals surface area contributed by atoms with Crippen LogP contribution in [0.5, 0.6) is 5.88 Å². The largest absolute Gasteiger partial charge is 0.475 e. The molecule has 0 unspecified atom stereocenters. The number of aromatic nitrogens is 3. The average molecular weight is 260 g/mol. The van der Waals surface area contributed by atoms with Crippen LogP contribution in [-0.2, 0) is 0 Å². The van der Waals surface area contributed by atoms with Crippen LogP contribution >= 0.6 is 0 Å². The molecule has 3 heterocycles. The molecule has 7 heteroatoms. The molecule has 3 rings (SSSR count).